The van der Waals surface area contributed by atoms with Crippen LogP contribution < -0.4 is 5.32 Å². The molecule has 10 heteroatoms. The van der Waals surface area contributed by atoms with Crippen LogP contribution in [0.15, 0.2) is 23.4 Å². The minimum absolute atomic E-state index is 0.113. The maximum atomic E-state index is 12.3. The Bertz CT molecular complexity index is 851. The summed E-state index contributed by atoms with van der Waals surface area (Å²) in [6, 6.07) is 3.93. The van der Waals surface area contributed by atoms with Gasteiger partial charge in [0, 0.05) is 24.6 Å². The predicted molar refractivity (Wildman–Crippen MR) is 104 cm³/mol. The summed E-state index contributed by atoms with van der Waals surface area (Å²) < 4.78 is 2.06. The highest BCUT2D eigenvalue weighted by atomic mass is 35.5. The number of thioether (sulfide) groups is 1. The lowest BCUT2D eigenvalue weighted by atomic mass is 10.1. The van der Waals surface area contributed by atoms with Crippen molar-refractivity contribution in [2.45, 2.75) is 50.2 Å². The van der Waals surface area contributed by atoms with Gasteiger partial charge in [-0.05, 0) is 25.8 Å². The number of hydrogen-bond acceptors (Lipinski definition) is 6. The lowest BCUT2D eigenvalue weighted by Crippen LogP contribution is -2.15. The molecule has 27 heavy (non-hydrogen) atoms. The highest BCUT2D eigenvalue weighted by molar-refractivity contribution is 7.99. The topological polar surface area (TPSA) is 103 Å². The van der Waals surface area contributed by atoms with E-state index >= 15 is 0 Å². The number of nitrogens with zero attached hydrogens (tertiary/aromatic N) is 4. The number of carbonyl (C=O) groups is 1. The fourth-order valence-corrected chi connectivity index (χ4v) is 4.20. The molecule has 0 aliphatic heterocycles. The van der Waals surface area contributed by atoms with E-state index in [0.717, 1.165) is 25.2 Å². The molecule has 1 amide bonds. The van der Waals surface area contributed by atoms with E-state index in [0.29, 0.717) is 11.1 Å². The average molecular weight is 410 g/mol. The van der Waals surface area contributed by atoms with Crippen LogP contribution in [0.3, 0.4) is 0 Å². The monoisotopic (exact) mass is 409 g/mol. The molecular weight excluding hydrogens is 390 g/mol. The molecule has 144 valence electrons. The van der Waals surface area contributed by atoms with Gasteiger partial charge < -0.3 is 9.88 Å². The van der Waals surface area contributed by atoms with Gasteiger partial charge in [0.05, 0.1) is 21.4 Å². The van der Waals surface area contributed by atoms with Crippen molar-refractivity contribution in [2.75, 3.05) is 11.1 Å². The number of amides is 1. The molecular formula is C17H20ClN5O3S. The molecule has 0 bridgehead atoms. The van der Waals surface area contributed by atoms with Gasteiger partial charge >= 0.3 is 0 Å². The van der Waals surface area contributed by atoms with Crippen LogP contribution in [0.25, 0.3) is 0 Å². The number of hydrogen-bond donors (Lipinski definition) is 1. The van der Waals surface area contributed by atoms with Crippen molar-refractivity contribution in [3.8, 4) is 0 Å². The molecule has 1 fully saturated rings. The molecule has 0 spiro atoms. The summed E-state index contributed by atoms with van der Waals surface area (Å²) in [5.74, 6) is 1.25. The highest BCUT2D eigenvalue weighted by Gasteiger charge is 2.24. The number of non-ortho nitro benzene ring substituents is 1. The Morgan fingerprint density at radius 2 is 2.15 bits per heavy atom. The van der Waals surface area contributed by atoms with Gasteiger partial charge in [-0.15, -0.1) is 10.2 Å². The number of rotatable bonds is 7. The Hall–Kier alpha value is -2.13. The fourth-order valence-electron chi connectivity index (χ4n) is 3.23. The number of nitrogens with one attached hydrogen (secondary N) is 1. The SMILES string of the molecule is CCn1c(SCC(=O)Nc2cc([N+](=O)[O-])ccc2Cl)nnc1C1CCCC1. The Morgan fingerprint density at radius 1 is 1.41 bits per heavy atom. The van der Waals surface area contributed by atoms with Gasteiger partial charge in [0.2, 0.25) is 5.91 Å². The first-order valence-corrected chi connectivity index (χ1v) is 10.2. The first kappa shape index (κ1) is 19.6. The number of nitro benzene ring substituents is 1. The molecule has 1 aliphatic rings. The quantitative estimate of drug-likeness (QED) is 0.416. The molecule has 1 heterocycles. The van der Waals surface area contributed by atoms with Gasteiger partial charge in [0.25, 0.3) is 5.69 Å². The van der Waals surface area contributed by atoms with Crippen LogP contribution >= 0.6 is 23.4 Å². The smallest absolute Gasteiger partial charge is 0.271 e. The summed E-state index contributed by atoms with van der Waals surface area (Å²) in [7, 11) is 0. The van der Waals surface area contributed by atoms with Crippen LogP contribution in [0.1, 0.15) is 44.3 Å². The first-order chi connectivity index (χ1) is 13.0. The van der Waals surface area contributed by atoms with E-state index in [1.165, 1.54) is 42.8 Å². The standard InChI is InChI=1S/C17H20ClN5O3S/c1-2-22-16(11-5-3-4-6-11)20-21-17(22)27-10-15(24)19-14-9-12(23(25)26)7-8-13(14)18/h7-9,11H,2-6,10H2,1H3,(H,19,24). The van der Waals surface area contributed by atoms with E-state index in [9.17, 15) is 14.9 Å². The number of nitro groups is 1. The summed E-state index contributed by atoms with van der Waals surface area (Å²) in [6.07, 6.45) is 4.70. The molecule has 3 rings (SSSR count). The number of carbonyl (C=O) groups excluding carboxylic acids is 1. The zero-order valence-electron chi connectivity index (χ0n) is 14.9. The van der Waals surface area contributed by atoms with Crippen LogP contribution in [0.5, 0.6) is 0 Å². The van der Waals surface area contributed by atoms with Gasteiger partial charge in [-0.1, -0.05) is 36.2 Å². The van der Waals surface area contributed by atoms with Crippen molar-refractivity contribution in [3.05, 3.63) is 39.2 Å². The van der Waals surface area contributed by atoms with Crippen molar-refractivity contribution in [1.82, 2.24) is 14.8 Å². The van der Waals surface area contributed by atoms with Crippen molar-refractivity contribution in [1.29, 1.82) is 0 Å². The minimum atomic E-state index is -0.533. The zero-order chi connectivity index (χ0) is 19.4. The van der Waals surface area contributed by atoms with Crippen molar-refractivity contribution >= 4 is 40.6 Å². The van der Waals surface area contributed by atoms with E-state index in [-0.39, 0.29) is 28.1 Å². The van der Waals surface area contributed by atoms with Crippen LogP contribution in [-0.2, 0) is 11.3 Å². The summed E-state index contributed by atoms with van der Waals surface area (Å²) in [4.78, 5) is 22.6. The molecule has 1 aromatic heterocycles. The van der Waals surface area contributed by atoms with E-state index < -0.39 is 4.92 Å². The summed E-state index contributed by atoms with van der Waals surface area (Å²) in [6.45, 7) is 2.79. The van der Waals surface area contributed by atoms with Crippen LogP contribution in [-0.4, -0.2) is 31.3 Å². The third kappa shape index (κ3) is 4.59. The second kappa shape index (κ2) is 8.71. The molecule has 1 N–H and O–H groups in total. The van der Waals surface area contributed by atoms with Crippen molar-refractivity contribution < 1.29 is 9.72 Å². The van der Waals surface area contributed by atoms with Gasteiger partial charge in [-0.3, -0.25) is 14.9 Å². The van der Waals surface area contributed by atoms with Gasteiger partial charge in [0.1, 0.15) is 5.82 Å². The summed E-state index contributed by atoms with van der Waals surface area (Å²) >= 11 is 7.31. The minimum Gasteiger partial charge on any atom is -0.324 e. The van der Waals surface area contributed by atoms with Crippen LogP contribution in [0.4, 0.5) is 11.4 Å². The van der Waals surface area contributed by atoms with E-state index in [4.69, 9.17) is 11.6 Å². The van der Waals surface area contributed by atoms with Crippen LogP contribution in [0.2, 0.25) is 5.02 Å². The lowest BCUT2D eigenvalue weighted by molar-refractivity contribution is -0.384. The molecule has 1 aromatic carbocycles. The van der Waals surface area contributed by atoms with E-state index in [1.54, 1.807) is 0 Å². The second-order valence-electron chi connectivity index (χ2n) is 6.32. The third-order valence-electron chi connectivity index (χ3n) is 4.55. The Morgan fingerprint density at radius 3 is 2.81 bits per heavy atom. The molecule has 1 saturated carbocycles. The first-order valence-electron chi connectivity index (χ1n) is 8.79. The highest BCUT2D eigenvalue weighted by Crippen LogP contribution is 2.34. The number of halogens is 1. The van der Waals surface area contributed by atoms with E-state index in [2.05, 4.69) is 20.1 Å². The van der Waals surface area contributed by atoms with Gasteiger partial charge in [0.15, 0.2) is 5.16 Å². The normalized spacial score (nSPS) is 14.4. The van der Waals surface area contributed by atoms with Gasteiger partial charge in [-0.25, -0.2) is 0 Å². The molecule has 8 nitrogen and oxygen atoms in total. The maximum absolute atomic E-state index is 12.3. The maximum Gasteiger partial charge on any atom is 0.271 e. The summed E-state index contributed by atoms with van der Waals surface area (Å²) in [5.41, 5.74) is 0.0920. The Balaban J connectivity index is 1.64. The molecule has 1 aliphatic carbocycles. The summed E-state index contributed by atoms with van der Waals surface area (Å²) in [5, 5.41) is 23.0. The fraction of sp³-hybridized carbons (Fsp3) is 0.471. The van der Waals surface area contributed by atoms with Crippen molar-refractivity contribution in [2.24, 2.45) is 0 Å². The predicted octanol–water partition coefficient (Wildman–Crippen LogP) is 4.25. The molecule has 2 aromatic rings. The lowest BCUT2D eigenvalue weighted by Gasteiger charge is -2.11. The third-order valence-corrected chi connectivity index (χ3v) is 5.85. The molecule has 0 radical (unpaired) electrons. The number of aromatic nitrogens is 3. The number of benzene rings is 1. The van der Waals surface area contributed by atoms with Crippen LogP contribution in [0, 0.1) is 10.1 Å². The van der Waals surface area contributed by atoms with E-state index in [1.807, 2.05) is 6.92 Å². The number of anilines is 1. The van der Waals surface area contributed by atoms with Gasteiger partial charge in [-0.2, -0.15) is 0 Å². The molecule has 0 atom stereocenters. The molecule has 0 unspecified atom stereocenters. The second-order valence-corrected chi connectivity index (χ2v) is 7.67. The van der Waals surface area contributed by atoms with Crippen molar-refractivity contribution in [3.63, 3.8) is 0 Å². The largest absolute Gasteiger partial charge is 0.324 e. The Labute approximate surface area is 165 Å². The zero-order valence-corrected chi connectivity index (χ0v) is 16.4. The molecule has 0 saturated heterocycles. The average Bonchev–Trinajstić information content (AvgIpc) is 3.30. The Kier molecular flexibility index (Phi) is 6.33.